The van der Waals surface area contributed by atoms with Gasteiger partial charge in [-0.3, -0.25) is 0 Å². The summed E-state index contributed by atoms with van der Waals surface area (Å²) < 4.78 is 2.29. The molecule has 4 nitrogen and oxygen atoms in total. The molecule has 3 heterocycles. The highest BCUT2D eigenvalue weighted by atomic mass is 15.1. The van der Waals surface area contributed by atoms with Crippen LogP contribution in [-0.4, -0.2) is 27.6 Å². The maximum Gasteiger partial charge on any atom is 0.160 e. The molecule has 2 aromatic heterocycles. The molecule has 1 aliphatic heterocycles. The average molecular weight is 292 g/mol. The summed E-state index contributed by atoms with van der Waals surface area (Å²) in [6, 6.07) is 12.7. The molecule has 1 fully saturated rings. The number of rotatable bonds is 3. The molecule has 0 saturated carbocycles. The Bertz CT molecular complexity index is 782. The Morgan fingerprint density at radius 3 is 2.86 bits per heavy atom. The van der Waals surface area contributed by atoms with E-state index in [-0.39, 0.29) is 0 Å². The molecule has 3 aromatic rings. The Hall–Kier alpha value is -2.20. The fraction of sp³-hybridized carbons (Fsp3) is 0.333. The van der Waals surface area contributed by atoms with Crippen molar-refractivity contribution in [3.63, 3.8) is 0 Å². The van der Waals surface area contributed by atoms with Crippen molar-refractivity contribution in [3.05, 3.63) is 59.5 Å². The van der Waals surface area contributed by atoms with Crippen LogP contribution in [0, 0.1) is 6.92 Å². The van der Waals surface area contributed by atoms with Gasteiger partial charge in [0.15, 0.2) is 5.65 Å². The molecular weight excluding hydrogens is 272 g/mol. The molecule has 1 atom stereocenters. The van der Waals surface area contributed by atoms with Gasteiger partial charge in [0.1, 0.15) is 11.3 Å². The van der Waals surface area contributed by atoms with Crippen molar-refractivity contribution >= 4 is 11.2 Å². The van der Waals surface area contributed by atoms with Crippen molar-refractivity contribution in [1.29, 1.82) is 0 Å². The zero-order valence-electron chi connectivity index (χ0n) is 12.8. The summed E-state index contributed by atoms with van der Waals surface area (Å²) in [4.78, 5) is 9.44. The Morgan fingerprint density at radius 1 is 1.23 bits per heavy atom. The summed E-state index contributed by atoms with van der Waals surface area (Å²) in [6.07, 6.45) is 3.00. The summed E-state index contributed by atoms with van der Waals surface area (Å²) in [5.74, 6) is 1.65. The molecule has 1 saturated heterocycles. The number of aromatic nitrogens is 3. The van der Waals surface area contributed by atoms with Gasteiger partial charge in [-0.05, 0) is 37.6 Å². The van der Waals surface area contributed by atoms with E-state index in [0.717, 1.165) is 37.2 Å². The Morgan fingerprint density at radius 2 is 2.09 bits per heavy atom. The SMILES string of the molecule is Cc1ccc(Cn2c(C3CCNC3)nc3cccnc32)cc1. The highest BCUT2D eigenvalue weighted by Crippen LogP contribution is 2.26. The van der Waals surface area contributed by atoms with E-state index in [9.17, 15) is 0 Å². The molecule has 0 spiro atoms. The van der Waals surface area contributed by atoms with Gasteiger partial charge in [-0.1, -0.05) is 29.8 Å². The summed E-state index contributed by atoms with van der Waals surface area (Å²) in [5, 5.41) is 3.44. The molecule has 4 rings (SSSR count). The van der Waals surface area contributed by atoms with Crippen LogP contribution < -0.4 is 5.32 Å². The van der Waals surface area contributed by atoms with Crippen LogP contribution in [0.4, 0.5) is 0 Å². The third-order valence-corrected chi connectivity index (χ3v) is 4.42. The van der Waals surface area contributed by atoms with E-state index < -0.39 is 0 Å². The van der Waals surface area contributed by atoms with E-state index >= 15 is 0 Å². The van der Waals surface area contributed by atoms with Crippen LogP contribution in [0.5, 0.6) is 0 Å². The van der Waals surface area contributed by atoms with Crippen LogP contribution in [0.1, 0.15) is 29.3 Å². The Labute approximate surface area is 130 Å². The number of benzene rings is 1. The monoisotopic (exact) mass is 292 g/mol. The van der Waals surface area contributed by atoms with E-state index in [1.165, 1.54) is 17.0 Å². The lowest BCUT2D eigenvalue weighted by Crippen LogP contribution is -2.13. The molecule has 1 unspecified atom stereocenters. The molecule has 1 N–H and O–H groups in total. The maximum absolute atomic E-state index is 4.87. The molecule has 0 bridgehead atoms. The van der Waals surface area contributed by atoms with E-state index in [4.69, 9.17) is 4.98 Å². The first-order valence-corrected chi connectivity index (χ1v) is 7.89. The van der Waals surface area contributed by atoms with Gasteiger partial charge < -0.3 is 9.88 Å². The smallest absolute Gasteiger partial charge is 0.160 e. The largest absolute Gasteiger partial charge is 0.316 e. The van der Waals surface area contributed by atoms with E-state index in [2.05, 4.69) is 52.1 Å². The standard InChI is InChI=1S/C18H20N4/c1-13-4-6-14(7-5-13)12-22-17(15-8-10-19-11-15)21-16-3-2-9-20-18(16)22/h2-7,9,15,19H,8,10-12H2,1H3. The van der Waals surface area contributed by atoms with Gasteiger partial charge >= 0.3 is 0 Å². The molecule has 4 heteroatoms. The molecule has 1 aromatic carbocycles. The number of nitrogens with one attached hydrogen (secondary N) is 1. The second-order valence-corrected chi connectivity index (χ2v) is 6.08. The van der Waals surface area contributed by atoms with Crippen molar-refractivity contribution in [3.8, 4) is 0 Å². The minimum absolute atomic E-state index is 0.486. The van der Waals surface area contributed by atoms with Gasteiger partial charge in [0, 0.05) is 18.7 Å². The highest BCUT2D eigenvalue weighted by Gasteiger charge is 2.23. The van der Waals surface area contributed by atoms with E-state index in [1.807, 2.05) is 12.3 Å². The predicted molar refractivity (Wildman–Crippen MR) is 88.0 cm³/mol. The first kappa shape index (κ1) is 13.5. The quantitative estimate of drug-likeness (QED) is 0.807. The van der Waals surface area contributed by atoms with Crippen LogP contribution in [-0.2, 0) is 6.54 Å². The van der Waals surface area contributed by atoms with Gasteiger partial charge in [-0.2, -0.15) is 0 Å². The van der Waals surface area contributed by atoms with E-state index in [0.29, 0.717) is 5.92 Å². The minimum Gasteiger partial charge on any atom is -0.316 e. The average Bonchev–Trinajstić information content (AvgIpc) is 3.18. The zero-order valence-corrected chi connectivity index (χ0v) is 12.8. The number of nitrogens with zero attached hydrogens (tertiary/aromatic N) is 3. The van der Waals surface area contributed by atoms with Crippen molar-refractivity contribution in [1.82, 2.24) is 19.9 Å². The number of hydrogen-bond acceptors (Lipinski definition) is 3. The third-order valence-electron chi connectivity index (χ3n) is 4.42. The predicted octanol–water partition coefficient (Wildman–Crippen LogP) is 2.86. The van der Waals surface area contributed by atoms with Crippen molar-refractivity contribution in [2.45, 2.75) is 25.8 Å². The van der Waals surface area contributed by atoms with Gasteiger partial charge in [0.2, 0.25) is 0 Å². The lowest BCUT2D eigenvalue weighted by molar-refractivity contribution is 0.640. The molecule has 0 amide bonds. The highest BCUT2D eigenvalue weighted by molar-refractivity contribution is 5.71. The fourth-order valence-electron chi connectivity index (χ4n) is 3.19. The summed E-state index contributed by atoms with van der Waals surface area (Å²) >= 11 is 0. The van der Waals surface area contributed by atoms with Crippen LogP contribution in [0.15, 0.2) is 42.6 Å². The number of imidazole rings is 1. The second-order valence-electron chi connectivity index (χ2n) is 6.08. The molecule has 1 aliphatic rings. The molecule has 0 radical (unpaired) electrons. The normalized spacial score (nSPS) is 18.1. The van der Waals surface area contributed by atoms with Crippen molar-refractivity contribution < 1.29 is 0 Å². The number of fused-ring (bicyclic) bond motifs is 1. The third kappa shape index (κ3) is 2.40. The second kappa shape index (κ2) is 5.54. The van der Waals surface area contributed by atoms with Crippen molar-refractivity contribution in [2.75, 3.05) is 13.1 Å². The number of hydrogen-bond donors (Lipinski definition) is 1. The summed E-state index contributed by atoms with van der Waals surface area (Å²) in [6.45, 7) is 5.04. The van der Waals surface area contributed by atoms with E-state index in [1.54, 1.807) is 0 Å². The van der Waals surface area contributed by atoms with Gasteiger partial charge in [0.05, 0.1) is 6.54 Å². The lowest BCUT2D eigenvalue weighted by atomic mass is 10.1. The lowest BCUT2D eigenvalue weighted by Gasteiger charge is -2.13. The summed E-state index contributed by atoms with van der Waals surface area (Å²) in [7, 11) is 0. The number of aryl methyl sites for hydroxylation is 1. The Kier molecular flexibility index (Phi) is 3.39. The number of pyridine rings is 1. The summed E-state index contributed by atoms with van der Waals surface area (Å²) in [5.41, 5.74) is 4.57. The fourth-order valence-corrected chi connectivity index (χ4v) is 3.19. The van der Waals surface area contributed by atoms with Crippen LogP contribution >= 0.6 is 0 Å². The maximum atomic E-state index is 4.87. The Balaban J connectivity index is 1.79. The van der Waals surface area contributed by atoms with Gasteiger partial charge in [0.25, 0.3) is 0 Å². The van der Waals surface area contributed by atoms with Gasteiger partial charge in [-0.15, -0.1) is 0 Å². The molecule has 112 valence electrons. The minimum atomic E-state index is 0.486. The molecule has 22 heavy (non-hydrogen) atoms. The van der Waals surface area contributed by atoms with Crippen LogP contribution in [0.2, 0.25) is 0 Å². The van der Waals surface area contributed by atoms with Gasteiger partial charge in [-0.25, -0.2) is 9.97 Å². The molecular formula is C18H20N4. The molecule has 0 aliphatic carbocycles. The van der Waals surface area contributed by atoms with Crippen molar-refractivity contribution in [2.24, 2.45) is 0 Å². The first-order chi connectivity index (χ1) is 10.8. The zero-order chi connectivity index (χ0) is 14.9. The van der Waals surface area contributed by atoms with Crippen LogP contribution in [0.3, 0.4) is 0 Å². The first-order valence-electron chi connectivity index (χ1n) is 7.89. The van der Waals surface area contributed by atoms with Crippen LogP contribution in [0.25, 0.3) is 11.2 Å². The topological polar surface area (TPSA) is 42.7 Å².